The zero-order chi connectivity index (χ0) is 19.4. The Balaban J connectivity index is 1.92. The van der Waals surface area contributed by atoms with Gasteiger partial charge in [-0.1, -0.05) is 45.0 Å². The first-order valence-corrected chi connectivity index (χ1v) is 10.7. The molecule has 1 aliphatic rings. The highest BCUT2D eigenvalue weighted by atomic mass is 32.2. The first kappa shape index (κ1) is 20.6. The summed E-state index contributed by atoms with van der Waals surface area (Å²) in [6, 6.07) is 8.04. The first-order valence-electron chi connectivity index (χ1n) is 9.05. The van der Waals surface area contributed by atoms with E-state index in [0.717, 1.165) is 5.56 Å². The fraction of sp³-hybridized carbons (Fsp3) is 0.579. The SMILES string of the molecule is CCS(=O)(=O)N1CCCC(C(=O)NN=Cc2ccc(C(C)(C)C)cc2)C1. The van der Waals surface area contributed by atoms with E-state index in [1.165, 1.54) is 9.87 Å². The second kappa shape index (κ2) is 8.31. The van der Waals surface area contributed by atoms with Crippen molar-refractivity contribution in [3.8, 4) is 0 Å². The molecule has 144 valence electrons. The Hall–Kier alpha value is -1.73. The van der Waals surface area contributed by atoms with Gasteiger partial charge < -0.3 is 0 Å². The lowest BCUT2D eigenvalue weighted by molar-refractivity contribution is -0.126. The molecule has 0 bridgehead atoms. The minimum absolute atomic E-state index is 0.0596. The van der Waals surface area contributed by atoms with E-state index in [-0.39, 0.29) is 29.5 Å². The lowest BCUT2D eigenvalue weighted by Gasteiger charge is -2.30. The maximum Gasteiger partial charge on any atom is 0.244 e. The molecule has 1 atom stereocenters. The third-order valence-corrected chi connectivity index (χ3v) is 6.53. The molecule has 0 spiro atoms. The molecule has 1 fully saturated rings. The number of carbonyl (C=O) groups is 1. The molecule has 1 aliphatic heterocycles. The smallest absolute Gasteiger partial charge is 0.244 e. The number of nitrogens with one attached hydrogen (secondary N) is 1. The number of amides is 1. The number of hydrogen-bond acceptors (Lipinski definition) is 4. The number of sulfonamides is 1. The molecule has 0 aliphatic carbocycles. The van der Waals surface area contributed by atoms with Crippen molar-refractivity contribution in [3.63, 3.8) is 0 Å². The Labute approximate surface area is 156 Å². The summed E-state index contributed by atoms with van der Waals surface area (Å²) in [5.74, 6) is -0.529. The van der Waals surface area contributed by atoms with E-state index in [1.807, 2.05) is 12.1 Å². The van der Waals surface area contributed by atoms with Gasteiger partial charge in [-0.15, -0.1) is 0 Å². The number of hydrogen-bond donors (Lipinski definition) is 1. The number of nitrogens with zero attached hydrogens (tertiary/aromatic N) is 2. The number of benzene rings is 1. The molecular weight excluding hydrogens is 350 g/mol. The molecule has 1 aromatic carbocycles. The quantitative estimate of drug-likeness (QED) is 0.631. The summed E-state index contributed by atoms with van der Waals surface area (Å²) in [7, 11) is -3.25. The third kappa shape index (κ3) is 5.38. The van der Waals surface area contributed by atoms with Crippen LogP contribution in [-0.4, -0.2) is 43.7 Å². The zero-order valence-electron chi connectivity index (χ0n) is 16.0. The summed E-state index contributed by atoms with van der Waals surface area (Å²) in [5.41, 5.74) is 4.77. The van der Waals surface area contributed by atoms with Crippen molar-refractivity contribution in [2.75, 3.05) is 18.8 Å². The van der Waals surface area contributed by atoms with Crippen molar-refractivity contribution in [2.24, 2.45) is 11.0 Å². The highest BCUT2D eigenvalue weighted by Gasteiger charge is 2.31. The number of piperidine rings is 1. The fourth-order valence-electron chi connectivity index (χ4n) is 2.92. The van der Waals surface area contributed by atoms with Crippen LogP contribution in [0.5, 0.6) is 0 Å². The van der Waals surface area contributed by atoms with Crippen molar-refractivity contribution in [1.29, 1.82) is 0 Å². The Kier molecular flexibility index (Phi) is 6.58. The molecule has 2 rings (SSSR count). The molecule has 0 saturated carbocycles. The summed E-state index contributed by atoms with van der Waals surface area (Å²) in [4.78, 5) is 12.3. The van der Waals surface area contributed by atoms with Gasteiger partial charge >= 0.3 is 0 Å². The van der Waals surface area contributed by atoms with Gasteiger partial charge in [0.15, 0.2) is 0 Å². The number of hydrazone groups is 1. The number of rotatable bonds is 5. The zero-order valence-corrected chi connectivity index (χ0v) is 16.8. The van der Waals surface area contributed by atoms with E-state index in [0.29, 0.717) is 19.4 Å². The van der Waals surface area contributed by atoms with Gasteiger partial charge in [0, 0.05) is 13.1 Å². The van der Waals surface area contributed by atoms with Gasteiger partial charge in [0.25, 0.3) is 0 Å². The van der Waals surface area contributed by atoms with E-state index in [4.69, 9.17) is 0 Å². The Morgan fingerprint density at radius 3 is 2.54 bits per heavy atom. The van der Waals surface area contributed by atoms with Crippen LogP contribution in [0.3, 0.4) is 0 Å². The van der Waals surface area contributed by atoms with Crippen LogP contribution in [-0.2, 0) is 20.2 Å². The van der Waals surface area contributed by atoms with E-state index in [9.17, 15) is 13.2 Å². The standard InChI is InChI=1S/C19H29N3O3S/c1-5-26(24,25)22-12-6-7-16(14-22)18(23)21-20-13-15-8-10-17(11-9-15)19(2,3)4/h8-11,13,16H,5-7,12,14H2,1-4H3,(H,21,23). The molecule has 1 saturated heterocycles. The molecule has 0 aromatic heterocycles. The monoisotopic (exact) mass is 379 g/mol. The number of carbonyl (C=O) groups excluding carboxylic acids is 1. The van der Waals surface area contributed by atoms with Crippen LogP contribution in [0.1, 0.15) is 51.7 Å². The molecule has 1 amide bonds. The maximum absolute atomic E-state index is 12.3. The van der Waals surface area contributed by atoms with Gasteiger partial charge in [-0.2, -0.15) is 5.10 Å². The molecule has 0 radical (unpaired) electrons. The van der Waals surface area contributed by atoms with Crippen LogP contribution >= 0.6 is 0 Å². The van der Waals surface area contributed by atoms with Crippen molar-refractivity contribution in [2.45, 2.75) is 46.0 Å². The molecule has 1 N–H and O–H groups in total. The summed E-state index contributed by atoms with van der Waals surface area (Å²) in [5, 5.41) is 4.02. The maximum atomic E-state index is 12.3. The highest BCUT2D eigenvalue weighted by Crippen LogP contribution is 2.22. The first-order chi connectivity index (χ1) is 12.1. The van der Waals surface area contributed by atoms with Gasteiger partial charge in [-0.3, -0.25) is 4.79 Å². The molecule has 6 nitrogen and oxygen atoms in total. The molecule has 1 heterocycles. The minimum Gasteiger partial charge on any atom is -0.273 e. The summed E-state index contributed by atoms with van der Waals surface area (Å²) in [6.45, 7) is 8.81. The van der Waals surface area contributed by atoms with Gasteiger partial charge in [-0.05, 0) is 36.3 Å². The third-order valence-electron chi connectivity index (χ3n) is 4.68. The lowest BCUT2D eigenvalue weighted by Crippen LogP contribution is -2.45. The summed E-state index contributed by atoms with van der Waals surface area (Å²) >= 11 is 0. The molecule has 1 aromatic rings. The van der Waals surface area contributed by atoms with E-state index in [2.05, 4.69) is 43.4 Å². The summed E-state index contributed by atoms with van der Waals surface area (Å²) in [6.07, 6.45) is 2.97. The molecule has 7 heteroatoms. The van der Waals surface area contributed by atoms with Crippen molar-refractivity contribution in [1.82, 2.24) is 9.73 Å². The predicted octanol–water partition coefficient (Wildman–Crippen LogP) is 2.50. The fourth-order valence-corrected chi connectivity index (χ4v) is 4.10. The second-order valence-electron chi connectivity index (χ2n) is 7.70. The second-order valence-corrected chi connectivity index (χ2v) is 9.96. The Morgan fingerprint density at radius 1 is 1.31 bits per heavy atom. The predicted molar refractivity (Wildman–Crippen MR) is 105 cm³/mol. The van der Waals surface area contributed by atoms with Crippen LogP contribution in [0.15, 0.2) is 29.4 Å². The average Bonchev–Trinajstić information content (AvgIpc) is 2.61. The highest BCUT2D eigenvalue weighted by molar-refractivity contribution is 7.89. The summed E-state index contributed by atoms with van der Waals surface area (Å²) < 4.78 is 25.4. The Bertz CT molecular complexity index is 749. The van der Waals surface area contributed by atoms with Crippen LogP contribution in [0, 0.1) is 5.92 Å². The Morgan fingerprint density at radius 2 is 1.96 bits per heavy atom. The van der Waals surface area contributed by atoms with Gasteiger partial charge in [0.05, 0.1) is 17.9 Å². The normalized spacial score (nSPS) is 19.6. The van der Waals surface area contributed by atoms with Gasteiger partial charge in [0.1, 0.15) is 0 Å². The van der Waals surface area contributed by atoms with Crippen LogP contribution in [0.2, 0.25) is 0 Å². The van der Waals surface area contributed by atoms with Gasteiger partial charge in [-0.25, -0.2) is 18.1 Å². The van der Waals surface area contributed by atoms with E-state index in [1.54, 1.807) is 13.1 Å². The van der Waals surface area contributed by atoms with E-state index < -0.39 is 10.0 Å². The lowest BCUT2D eigenvalue weighted by atomic mass is 9.87. The minimum atomic E-state index is -3.25. The molecular formula is C19H29N3O3S. The van der Waals surface area contributed by atoms with Gasteiger partial charge in [0.2, 0.25) is 15.9 Å². The average molecular weight is 380 g/mol. The van der Waals surface area contributed by atoms with Crippen molar-refractivity contribution < 1.29 is 13.2 Å². The largest absolute Gasteiger partial charge is 0.273 e. The molecule has 26 heavy (non-hydrogen) atoms. The van der Waals surface area contributed by atoms with Crippen molar-refractivity contribution in [3.05, 3.63) is 35.4 Å². The van der Waals surface area contributed by atoms with E-state index >= 15 is 0 Å². The molecule has 1 unspecified atom stereocenters. The van der Waals surface area contributed by atoms with Crippen LogP contribution in [0.4, 0.5) is 0 Å². The van der Waals surface area contributed by atoms with Crippen LogP contribution < -0.4 is 5.43 Å². The van der Waals surface area contributed by atoms with Crippen molar-refractivity contribution >= 4 is 22.1 Å². The van der Waals surface area contributed by atoms with Crippen LogP contribution in [0.25, 0.3) is 0 Å². The topological polar surface area (TPSA) is 78.8 Å².